The molecule has 7 spiro atoms. The van der Waals surface area contributed by atoms with Crippen LogP contribution in [0.5, 0.6) is 0 Å². The van der Waals surface area contributed by atoms with Gasteiger partial charge in [0.2, 0.25) is 0 Å². The Morgan fingerprint density at radius 3 is 2.63 bits per heavy atom. The number of allylic oxidation sites excluding steroid dienone is 1. The second-order valence-electron chi connectivity index (χ2n) is 32.8. The largest absolute Gasteiger partial charge is 0.469 e. The number of fused-ring (bicyclic) bond motifs is 6. The normalized spacial score (nSPS) is 52.5. The summed E-state index contributed by atoms with van der Waals surface area (Å²) >= 11 is 0. The van der Waals surface area contributed by atoms with Crippen LogP contribution in [0.2, 0.25) is 0 Å². The highest BCUT2D eigenvalue weighted by Gasteiger charge is 3.00. The van der Waals surface area contributed by atoms with E-state index in [-0.39, 0.29) is 77.0 Å². The summed E-state index contributed by atoms with van der Waals surface area (Å²) in [4.78, 5) is 52.0. The molecule has 14 fully saturated rings. The van der Waals surface area contributed by atoms with E-state index < -0.39 is 92.7 Å². The number of carbonyl (C=O) groups excluding carboxylic acids is 3. The number of cyclic esters (lactones) is 1. The first-order chi connectivity index (χ1) is 41.6. The number of ketones is 1. The standard InChI is InChI=1S/C73H88N2O11/c1-64-23-16-48-32-47-17-24-67(26-25-66(38-67)20-6-7-21-66)68(47)35-46-34-65(2)70(51-19-28-82-55(51)33-50(54(77)37-76)44-14-15-49-45(31-44)18-27-75-40-74-36-53(49)75)22-8-11-43-13-12-42(29-41-9-4-3-5-10-41)30-52(43)71(73(65)61(84-73)63(81)85-70)57(46)69(58(64)56(78)60(71)79)39-83-62(80)59(68)72(48,69)86-64/h3-5,9-10,16,18-19,27-28,42-47,49-50,52-54,57-61,74,76-77,79H,6-7,12-15,17,20-26,29-40H2,1-2H3. The molecule has 10 aliphatic carbocycles. The van der Waals surface area contributed by atoms with Gasteiger partial charge in [-0.2, -0.15) is 0 Å². The van der Waals surface area contributed by atoms with Gasteiger partial charge in [-0.15, -0.1) is 0 Å². The van der Waals surface area contributed by atoms with Gasteiger partial charge in [0, 0.05) is 41.3 Å². The third kappa shape index (κ3) is 5.92. The number of epoxide rings is 1. The lowest BCUT2D eigenvalue weighted by molar-refractivity contribution is -0.315. The number of aliphatic hydroxyl groups is 3. The van der Waals surface area contributed by atoms with Crippen LogP contribution in [0.15, 0.2) is 71.0 Å². The summed E-state index contributed by atoms with van der Waals surface area (Å²) < 4.78 is 37.4. The van der Waals surface area contributed by atoms with Gasteiger partial charge < -0.3 is 43.6 Å². The number of rotatable bonds is 8. The summed E-state index contributed by atoms with van der Waals surface area (Å²) in [6.07, 6.45) is 24.7. The van der Waals surface area contributed by atoms with Crippen LogP contribution in [0.25, 0.3) is 0 Å². The predicted octanol–water partition coefficient (Wildman–Crippen LogP) is 9.29. The molecular formula is C73H88N2O11. The molecule has 13 heteroatoms. The molecule has 1 aromatic carbocycles. The Kier molecular flexibility index (Phi) is 10.8. The highest BCUT2D eigenvalue weighted by atomic mass is 16.7. The summed E-state index contributed by atoms with van der Waals surface area (Å²) in [5.74, 6) is 5.80. The van der Waals surface area contributed by atoms with E-state index >= 15 is 14.4 Å². The summed E-state index contributed by atoms with van der Waals surface area (Å²) in [5.41, 5.74) is -6.00. The maximum atomic E-state index is 17.3. The first kappa shape index (κ1) is 53.5. The van der Waals surface area contributed by atoms with Gasteiger partial charge in [0.15, 0.2) is 17.5 Å². The Morgan fingerprint density at radius 2 is 1.78 bits per heavy atom. The van der Waals surface area contributed by atoms with Crippen molar-refractivity contribution in [2.24, 2.45) is 104 Å². The molecule has 456 valence electrons. The first-order valence-corrected chi connectivity index (χ1v) is 34.3. The smallest absolute Gasteiger partial charge is 0.339 e. The number of nitrogens with one attached hydrogen (secondary N) is 1. The van der Waals surface area contributed by atoms with E-state index in [0.717, 1.165) is 90.3 Å². The Hall–Kier alpha value is -4.29. The molecule has 13 nitrogen and oxygen atoms in total. The summed E-state index contributed by atoms with van der Waals surface area (Å²) in [6, 6.07) is 13.2. The summed E-state index contributed by atoms with van der Waals surface area (Å²) in [6.45, 7) is 5.90. The van der Waals surface area contributed by atoms with E-state index in [1.54, 1.807) is 6.26 Å². The van der Waals surface area contributed by atoms with Crippen molar-refractivity contribution in [1.82, 2.24) is 10.2 Å². The molecule has 9 saturated carbocycles. The van der Waals surface area contributed by atoms with E-state index in [9.17, 15) is 15.3 Å². The Bertz CT molecular complexity index is 3400. The zero-order chi connectivity index (χ0) is 58.0. The highest BCUT2D eigenvalue weighted by Crippen LogP contribution is 2.92. The molecule has 0 amide bonds. The fourth-order valence-corrected chi connectivity index (χ4v) is 28.2. The van der Waals surface area contributed by atoms with E-state index in [0.29, 0.717) is 54.9 Å². The van der Waals surface area contributed by atoms with Crippen LogP contribution in [0.3, 0.4) is 0 Å². The van der Waals surface area contributed by atoms with Crippen LogP contribution in [-0.4, -0.2) is 106 Å². The molecular weight excluding hydrogens is 1080 g/mol. The number of furan rings is 1. The second-order valence-corrected chi connectivity index (χ2v) is 32.8. The molecule has 4 N–H and O–H groups in total. The van der Waals surface area contributed by atoms with Crippen molar-refractivity contribution in [2.45, 2.75) is 202 Å². The third-order valence-corrected chi connectivity index (χ3v) is 30.5. The van der Waals surface area contributed by atoms with Crippen molar-refractivity contribution in [3.8, 4) is 11.8 Å². The number of nitrogens with zero attached hydrogens (tertiary/aromatic N) is 1. The van der Waals surface area contributed by atoms with Crippen molar-refractivity contribution in [3.05, 3.63) is 83.5 Å². The van der Waals surface area contributed by atoms with Gasteiger partial charge in [-0.05, 0) is 215 Å². The SMILES string of the molecule is CC12CC=C3CC4CCC5(CCC6(CCCC6)C5)C45CC4CC6(C)C7(c8ccoc8CC(C(O)CO)C8CCC9C(C=CN%10CNCC9%10)C8)CC#CC8CCC(Cc9ccccc9)CC8C8(C(O)C(=O)C1C1(COC(=O)C5C31O2)C48)C61OC1C(=O)O7. The molecule has 25 unspecified atom stereocenters. The zero-order valence-electron chi connectivity index (χ0n) is 50.5. The quantitative estimate of drug-likeness (QED) is 0.0851. The zero-order valence-corrected chi connectivity index (χ0v) is 50.5. The topological polar surface area (TPSA) is 181 Å². The Morgan fingerprint density at radius 1 is 0.919 bits per heavy atom. The van der Waals surface area contributed by atoms with Gasteiger partial charge in [-0.1, -0.05) is 74.1 Å². The number of aliphatic hydroxyl groups excluding tert-OH is 3. The van der Waals surface area contributed by atoms with E-state index in [1.807, 2.05) is 6.07 Å². The van der Waals surface area contributed by atoms with E-state index in [2.05, 4.69) is 84.6 Å². The average molecular weight is 1170 g/mol. The molecule has 7 aliphatic heterocycles. The second kappa shape index (κ2) is 17.4. The number of hydrogen-bond acceptors (Lipinski definition) is 13. The molecule has 9 bridgehead atoms. The molecule has 86 heavy (non-hydrogen) atoms. The Balaban J connectivity index is 0.841. The Labute approximate surface area is 505 Å². The molecule has 17 aliphatic rings. The van der Waals surface area contributed by atoms with Crippen molar-refractivity contribution < 1.29 is 53.1 Å². The number of hydrogen-bond donors (Lipinski definition) is 4. The minimum atomic E-state index is -1.56. The predicted molar refractivity (Wildman–Crippen MR) is 313 cm³/mol. The number of Topliss-reactive ketones (excluding diaryl/α,β-unsaturated/α-hetero) is 1. The van der Waals surface area contributed by atoms with Crippen molar-refractivity contribution >= 4 is 17.7 Å². The maximum Gasteiger partial charge on any atom is 0.339 e. The molecule has 0 radical (unpaired) electrons. The average Bonchev–Trinajstić information content (AvgIpc) is 1.40. The molecule has 2 aromatic rings. The van der Waals surface area contributed by atoms with E-state index in [4.69, 9.17) is 23.4 Å². The van der Waals surface area contributed by atoms with Gasteiger partial charge in [0.1, 0.15) is 29.7 Å². The summed E-state index contributed by atoms with van der Waals surface area (Å²) in [7, 11) is 0. The fraction of sp³-hybridized carbons (Fsp3) is 0.740. The molecule has 8 heterocycles. The van der Waals surface area contributed by atoms with Gasteiger partial charge in [0.25, 0.3) is 0 Å². The van der Waals surface area contributed by atoms with Crippen molar-refractivity contribution in [3.63, 3.8) is 0 Å². The number of esters is 2. The van der Waals surface area contributed by atoms with Gasteiger partial charge in [-0.25, -0.2) is 4.79 Å². The maximum absolute atomic E-state index is 17.3. The van der Waals surface area contributed by atoms with Crippen LogP contribution < -0.4 is 5.32 Å². The lowest BCUT2D eigenvalue weighted by atomic mass is 9.28. The van der Waals surface area contributed by atoms with Gasteiger partial charge in [-0.3, -0.25) is 14.9 Å². The van der Waals surface area contributed by atoms with Crippen LogP contribution in [-0.2, 0) is 51.8 Å². The molecule has 5 saturated heterocycles. The highest BCUT2D eigenvalue weighted by molar-refractivity contribution is 5.94. The lowest BCUT2D eigenvalue weighted by Gasteiger charge is -2.74. The van der Waals surface area contributed by atoms with Gasteiger partial charge in [0.05, 0.1) is 54.9 Å². The van der Waals surface area contributed by atoms with Crippen molar-refractivity contribution in [2.75, 3.05) is 26.4 Å². The third-order valence-electron chi connectivity index (χ3n) is 30.5. The minimum Gasteiger partial charge on any atom is -0.469 e. The minimum absolute atomic E-state index is 0.0252. The molecule has 19 rings (SSSR count). The number of benzene rings is 1. The van der Waals surface area contributed by atoms with Crippen LogP contribution in [0.4, 0.5) is 0 Å². The summed E-state index contributed by atoms with van der Waals surface area (Å²) in [5, 5.41) is 41.6. The van der Waals surface area contributed by atoms with Crippen LogP contribution in [0, 0.1) is 115 Å². The van der Waals surface area contributed by atoms with Gasteiger partial charge >= 0.3 is 11.9 Å². The molecule has 25 atom stereocenters. The molecule has 1 aromatic heterocycles. The lowest BCUT2D eigenvalue weighted by Crippen LogP contribution is -2.83. The monoisotopic (exact) mass is 1170 g/mol. The van der Waals surface area contributed by atoms with Crippen molar-refractivity contribution in [1.29, 1.82) is 0 Å². The number of carbonyl (C=O) groups is 3. The van der Waals surface area contributed by atoms with E-state index in [1.165, 1.54) is 43.2 Å². The first-order valence-electron chi connectivity index (χ1n) is 34.3. The van der Waals surface area contributed by atoms with Crippen LogP contribution >= 0.6 is 0 Å². The van der Waals surface area contributed by atoms with Crippen LogP contribution in [0.1, 0.15) is 159 Å². The number of ether oxygens (including phenoxy) is 4. The fourth-order valence-electron chi connectivity index (χ4n) is 28.2.